The van der Waals surface area contributed by atoms with Crippen LogP contribution in [-0.2, 0) is 0 Å². The SMILES string of the molecule is Cc1ccc(C=C=Cc2ccccc2)cc1. The lowest BCUT2D eigenvalue weighted by Gasteiger charge is -1.92. The van der Waals surface area contributed by atoms with Crippen molar-refractivity contribution in [2.45, 2.75) is 6.92 Å². The van der Waals surface area contributed by atoms with E-state index >= 15 is 0 Å². The molecule has 0 spiro atoms. The summed E-state index contributed by atoms with van der Waals surface area (Å²) >= 11 is 0. The van der Waals surface area contributed by atoms with Crippen LogP contribution in [0, 0.1) is 6.92 Å². The Morgan fingerprint density at radius 1 is 0.750 bits per heavy atom. The van der Waals surface area contributed by atoms with E-state index in [-0.39, 0.29) is 0 Å². The maximum absolute atomic E-state index is 3.19. The predicted octanol–water partition coefficient (Wildman–Crippen LogP) is 4.32. The maximum Gasteiger partial charge on any atom is -0.0127 e. The van der Waals surface area contributed by atoms with Crippen molar-refractivity contribution in [1.29, 1.82) is 0 Å². The molecule has 2 aromatic rings. The van der Waals surface area contributed by atoms with Crippen LogP contribution >= 0.6 is 0 Å². The normalized spacial score (nSPS) is 9.31. The Morgan fingerprint density at radius 3 is 1.94 bits per heavy atom. The first-order chi connectivity index (χ1) is 7.84. The third-order valence-corrected chi connectivity index (χ3v) is 2.38. The maximum atomic E-state index is 3.19. The number of aryl methyl sites for hydroxylation is 1. The molecule has 0 aliphatic heterocycles. The van der Waals surface area contributed by atoms with Crippen molar-refractivity contribution in [2.24, 2.45) is 0 Å². The van der Waals surface area contributed by atoms with Gasteiger partial charge < -0.3 is 0 Å². The first-order valence-electron chi connectivity index (χ1n) is 5.39. The molecule has 0 bridgehead atoms. The highest BCUT2D eigenvalue weighted by atomic mass is 13.9. The Hall–Kier alpha value is -2.04. The summed E-state index contributed by atoms with van der Waals surface area (Å²) < 4.78 is 0. The minimum absolute atomic E-state index is 1.17. The molecule has 0 atom stereocenters. The second-order valence-corrected chi connectivity index (χ2v) is 3.78. The largest absolute Gasteiger partial charge is 0.120 e. The van der Waals surface area contributed by atoms with E-state index in [0.29, 0.717) is 0 Å². The van der Waals surface area contributed by atoms with E-state index in [1.165, 1.54) is 16.7 Å². The Morgan fingerprint density at radius 2 is 1.31 bits per heavy atom. The van der Waals surface area contributed by atoms with E-state index in [9.17, 15) is 0 Å². The standard InChI is InChI=1S/C16H14/c1-14-10-12-16(13-11-14)9-5-8-15-6-3-2-4-7-15/h2-4,6-13H,1H3. The summed E-state index contributed by atoms with van der Waals surface area (Å²) in [5.74, 6) is 0. The van der Waals surface area contributed by atoms with Crippen LogP contribution in [0.15, 0.2) is 60.3 Å². The zero-order valence-electron chi connectivity index (χ0n) is 9.35. The van der Waals surface area contributed by atoms with Gasteiger partial charge in [0.05, 0.1) is 0 Å². The lowest BCUT2D eigenvalue weighted by atomic mass is 10.1. The summed E-state index contributed by atoms with van der Waals surface area (Å²) in [6.07, 6.45) is 3.98. The van der Waals surface area contributed by atoms with E-state index in [1.54, 1.807) is 0 Å². The molecule has 0 N–H and O–H groups in total. The van der Waals surface area contributed by atoms with Gasteiger partial charge in [-0.25, -0.2) is 0 Å². The molecule has 0 amide bonds. The summed E-state index contributed by atoms with van der Waals surface area (Å²) in [5.41, 5.74) is 6.82. The molecule has 2 aromatic carbocycles. The topological polar surface area (TPSA) is 0 Å². The van der Waals surface area contributed by atoms with Gasteiger partial charge >= 0.3 is 0 Å². The molecule has 0 aliphatic carbocycles. The average molecular weight is 206 g/mol. The van der Waals surface area contributed by atoms with E-state index in [2.05, 4.69) is 49.1 Å². The highest BCUT2D eigenvalue weighted by molar-refractivity contribution is 5.57. The van der Waals surface area contributed by atoms with E-state index in [1.807, 2.05) is 30.4 Å². The molecule has 16 heavy (non-hydrogen) atoms. The first-order valence-corrected chi connectivity index (χ1v) is 5.39. The monoisotopic (exact) mass is 206 g/mol. The Bertz CT molecular complexity index is 497. The summed E-state index contributed by atoms with van der Waals surface area (Å²) in [6.45, 7) is 2.09. The van der Waals surface area contributed by atoms with Crippen molar-refractivity contribution in [3.8, 4) is 0 Å². The van der Waals surface area contributed by atoms with Crippen molar-refractivity contribution in [2.75, 3.05) is 0 Å². The van der Waals surface area contributed by atoms with Crippen LogP contribution in [0.4, 0.5) is 0 Å². The highest BCUT2D eigenvalue weighted by Gasteiger charge is 1.85. The van der Waals surface area contributed by atoms with Crippen LogP contribution in [-0.4, -0.2) is 0 Å². The molecule has 0 fully saturated rings. The number of rotatable bonds is 2. The number of hydrogen-bond donors (Lipinski definition) is 0. The predicted molar refractivity (Wildman–Crippen MR) is 70.1 cm³/mol. The molecule has 0 unspecified atom stereocenters. The minimum Gasteiger partial charge on any atom is -0.120 e. The van der Waals surface area contributed by atoms with Gasteiger partial charge in [0.25, 0.3) is 0 Å². The van der Waals surface area contributed by atoms with E-state index < -0.39 is 0 Å². The van der Waals surface area contributed by atoms with Crippen LogP contribution in [0.1, 0.15) is 16.7 Å². The zero-order valence-corrected chi connectivity index (χ0v) is 9.35. The first kappa shape index (κ1) is 10.5. The molecule has 2 rings (SSSR count). The van der Waals surface area contributed by atoms with Crippen molar-refractivity contribution < 1.29 is 0 Å². The van der Waals surface area contributed by atoms with Gasteiger partial charge in [-0.05, 0) is 30.2 Å². The van der Waals surface area contributed by atoms with Crippen molar-refractivity contribution in [1.82, 2.24) is 0 Å². The van der Waals surface area contributed by atoms with Gasteiger partial charge in [0, 0.05) is 0 Å². The van der Waals surface area contributed by atoms with Crippen molar-refractivity contribution >= 4 is 12.2 Å². The van der Waals surface area contributed by atoms with Crippen LogP contribution in [0.5, 0.6) is 0 Å². The zero-order chi connectivity index (χ0) is 11.2. The second kappa shape index (κ2) is 5.16. The van der Waals surface area contributed by atoms with Crippen molar-refractivity contribution in [3.05, 3.63) is 77.0 Å². The number of hydrogen-bond acceptors (Lipinski definition) is 0. The van der Waals surface area contributed by atoms with Gasteiger partial charge in [-0.1, -0.05) is 60.2 Å². The lowest BCUT2D eigenvalue weighted by molar-refractivity contribution is 1.46. The summed E-state index contributed by atoms with van der Waals surface area (Å²) in [4.78, 5) is 0. The summed E-state index contributed by atoms with van der Waals surface area (Å²) in [7, 11) is 0. The van der Waals surface area contributed by atoms with Crippen LogP contribution < -0.4 is 0 Å². The van der Waals surface area contributed by atoms with Gasteiger partial charge in [0.15, 0.2) is 0 Å². The molecule has 0 aromatic heterocycles. The van der Waals surface area contributed by atoms with Crippen molar-refractivity contribution in [3.63, 3.8) is 0 Å². The van der Waals surface area contributed by atoms with E-state index in [0.717, 1.165) is 0 Å². The third kappa shape index (κ3) is 2.98. The Labute approximate surface area is 96.6 Å². The van der Waals surface area contributed by atoms with Gasteiger partial charge in [-0.2, -0.15) is 0 Å². The van der Waals surface area contributed by atoms with Crippen LogP contribution in [0.3, 0.4) is 0 Å². The number of benzene rings is 2. The van der Waals surface area contributed by atoms with Crippen LogP contribution in [0.25, 0.3) is 12.2 Å². The van der Waals surface area contributed by atoms with Gasteiger partial charge in [0.2, 0.25) is 0 Å². The molecular weight excluding hydrogens is 192 g/mol. The summed E-state index contributed by atoms with van der Waals surface area (Å²) in [6, 6.07) is 18.6. The minimum atomic E-state index is 1.17. The summed E-state index contributed by atoms with van der Waals surface area (Å²) in [5, 5.41) is 0. The van der Waals surface area contributed by atoms with Gasteiger partial charge in [0.1, 0.15) is 0 Å². The van der Waals surface area contributed by atoms with E-state index in [4.69, 9.17) is 0 Å². The molecule has 0 heterocycles. The second-order valence-electron chi connectivity index (χ2n) is 3.78. The molecule has 78 valence electrons. The third-order valence-electron chi connectivity index (χ3n) is 2.38. The van der Waals surface area contributed by atoms with Crippen LogP contribution in [0.2, 0.25) is 0 Å². The lowest BCUT2D eigenvalue weighted by Crippen LogP contribution is -1.72. The Kier molecular flexibility index (Phi) is 3.38. The fraction of sp³-hybridized carbons (Fsp3) is 0.0625. The Balaban J connectivity index is 2.15. The van der Waals surface area contributed by atoms with Gasteiger partial charge in [-0.3, -0.25) is 0 Å². The average Bonchev–Trinajstić information content (AvgIpc) is 2.33. The molecule has 0 aliphatic rings. The molecule has 0 heteroatoms. The molecule has 0 saturated carbocycles. The molecule has 0 saturated heterocycles. The smallest absolute Gasteiger partial charge is 0.0127 e. The fourth-order valence-electron chi connectivity index (χ4n) is 1.45. The molecule has 0 nitrogen and oxygen atoms in total. The highest BCUT2D eigenvalue weighted by Crippen LogP contribution is 2.05. The molecule has 0 radical (unpaired) electrons. The van der Waals surface area contributed by atoms with Gasteiger partial charge in [-0.15, -0.1) is 5.73 Å². The fourth-order valence-corrected chi connectivity index (χ4v) is 1.45. The quantitative estimate of drug-likeness (QED) is 0.642. The molecular formula is C16H14.